The molecule has 2 rings (SSSR count). The van der Waals surface area contributed by atoms with E-state index in [1.165, 1.54) is 19.3 Å². The number of aromatic nitrogens is 1. The zero-order chi connectivity index (χ0) is 9.97. The van der Waals surface area contributed by atoms with Gasteiger partial charge in [-0.3, -0.25) is 0 Å². The molecule has 0 aromatic carbocycles. The van der Waals surface area contributed by atoms with Gasteiger partial charge in [0, 0.05) is 11.8 Å². The molecule has 0 saturated heterocycles. The lowest BCUT2D eigenvalue weighted by atomic mass is 9.96. The SMILES string of the molecule is CC(C)c1cccc(OC2CCC2)n1. The van der Waals surface area contributed by atoms with Crippen LogP contribution in [0, 0.1) is 0 Å². The van der Waals surface area contributed by atoms with Crippen LogP contribution in [0.25, 0.3) is 0 Å². The summed E-state index contributed by atoms with van der Waals surface area (Å²) in [7, 11) is 0. The van der Waals surface area contributed by atoms with Crippen LogP contribution < -0.4 is 4.74 Å². The predicted octanol–water partition coefficient (Wildman–Crippen LogP) is 3.14. The molecule has 0 N–H and O–H groups in total. The molecular weight excluding hydrogens is 174 g/mol. The predicted molar refractivity (Wildman–Crippen MR) is 56.6 cm³/mol. The smallest absolute Gasteiger partial charge is 0.213 e. The molecule has 14 heavy (non-hydrogen) atoms. The van der Waals surface area contributed by atoms with Crippen LogP contribution in [0.3, 0.4) is 0 Å². The van der Waals surface area contributed by atoms with Crippen molar-refractivity contribution >= 4 is 0 Å². The summed E-state index contributed by atoms with van der Waals surface area (Å²) < 4.78 is 5.73. The highest BCUT2D eigenvalue weighted by molar-refractivity contribution is 5.18. The average molecular weight is 191 g/mol. The first-order valence-corrected chi connectivity index (χ1v) is 5.39. The minimum Gasteiger partial charge on any atom is -0.474 e. The monoisotopic (exact) mass is 191 g/mol. The summed E-state index contributed by atoms with van der Waals surface area (Å²) in [5.41, 5.74) is 1.11. The third-order valence-electron chi connectivity index (χ3n) is 2.68. The van der Waals surface area contributed by atoms with Crippen molar-refractivity contribution in [2.75, 3.05) is 0 Å². The second-order valence-corrected chi connectivity index (χ2v) is 4.23. The zero-order valence-electron chi connectivity index (χ0n) is 8.86. The Morgan fingerprint density at radius 3 is 2.71 bits per heavy atom. The first-order chi connectivity index (χ1) is 6.75. The lowest BCUT2D eigenvalue weighted by Gasteiger charge is -2.25. The summed E-state index contributed by atoms with van der Waals surface area (Å²) >= 11 is 0. The van der Waals surface area contributed by atoms with Crippen molar-refractivity contribution < 1.29 is 4.74 Å². The molecule has 1 aromatic rings. The molecule has 0 bridgehead atoms. The van der Waals surface area contributed by atoms with Crippen LogP contribution in [0.5, 0.6) is 5.88 Å². The quantitative estimate of drug-likeness (QED) is 0.732. The van der Waals surface area contributed by atoms with Crippen LogP contribution in [-0.4, -0.2) is 11.1 Å². The van der Waals surface area contributed by atoms with Crippen molar-refractivity contribution in [3.05, 3.63) is 23.9 Å². The maximum atomic E-state index is 5.73. The molecule has 1 aromatic heterocycles. The number of ether oxygens (including phenoxy) is 1. The summed E-state index contributed by atoms with van der Waals surface area (Å²) in [6, 6.07) is 6.03. The molecule has 1 aliphatic rings. The summed E-state index contributed by atoms with van der Waals surface area (Å²) in [6.45, 7) is 4.30. The first kappa shape index (κ1) is 9.50. The van der Waals surface area contributed by atoms with Crippen molar-refractivity contribution in [3.63, 3.8) is 0 Å². The minimum absolute atomic E-state index is 0.421. The van der Waals surface area contributed by atoms with Crippen LogP contribution in [0.2, 0.25) is 0 Å². The fourth-order valence-corrected chi connectivity index (χ4v) is 1.48. The third kappa shape index (κ3) is 2.06. The normalized spacial score (nSPS) is 16.8. The van der Waals surface area contributed by atoms with Gasteiger partial charge in [0.1, 0.15) is 6.10 Å². The molecule has 1 fully saturated rings. The Labute approximate surface area is 85.3 Å². The standard InChI is InChI=1S/C12H17NO/c1-9(2)11-7-4-8-12(13-11)14-10-5-3-6-10/h4,7-10H,3,5-6H2,1-2H3. The molecule has 0 aliphatic heterocycles. The number of nitrogens with zero attached hydrogens (tertiary/aromatic N) is 1. The fraction of sp³-hybridized carbons (Fsp3) is 0.583. The van der Waals surface area contributed by atoms with E-state index < -0.39 is 0 Å². The highest BCUT2D eigenvalue weighted by Gasteiger charge is 2.19. The molecule has 2 nitrogen and oxygen atoms in total. The Bertz CT molecular complexity index is 305. The van der Waals surface area contributed by atoms with Crippen LogP contribution in [0.1, 0.15) is 44.7 Å². The number of hydrogen-bond donors (Lipinski definition) is 0. The lowest BCUT2D eigenvalue weighted by molar-refractivity contribution is 0.114. The van der Waals surface area contributed by atoms with E-state index in [0.717, 1.165) is 11.6 Å². The molecule has 0 unspecified atom stereocenters. The largest absolute Gasteiger partial charge is 0.474 e. The molecule has 1 saturated carbocycles. The van der Waals surface area contributed by atoms with Gasteiger partial charge in [-0.15, -0.1) is 0 Å². The Morgan fingerprint density at radius 1 is 1.36 bits per heavy atom. The van der Waals surface area contributed by atoms with Gasteiger partial charge < -0.3 is 4.74 Å². The van der Waals surface area contributed by atoms with E-state index in [-0.39, 0.29) is 0 Å². The molecule has 0 amide bonds. The number of hydrogen-bond acceptors (Lipinski definition) is 2. The highest BCUT2D eigenvalue weighted by atomic mass is 16.5. The van der Waals surface area contributed by atoms with E-state index in [1.807, 2.05) is 12.1 Å². The van der Waals surface area contributed by atoms with Gasteiger partial charge in [-0.05, 0) is 31.2 Å². The van der Waals surface area contributed by atoms with E-state index in [9.17, 15) is 0 Å². The lowest BCUT2D eigenvalue weighted by Crippen LogP contribution is -2.25. The van der Waals surface area contributed by atoms with Gasteiger partial charge in [-0.2, -0.15) is 0 Å². The van der Waals surface area contributed by atoms with Gasteiger partial charge in [0.05, 0.1) is 0 Å². The van der Waals surface area contributed by atoms with Crippen LogP contribution >= 0.6 is 0 Å². The topological polar surface area (TPSA) is 22.1 Å². The molecule has 0 spiro atoms. The Morgan fingerprint density at radius 2 is 2.14 bits per heavy atom. The second kappa shape index (κ2) is 3.99. The van der Waals surface area contributed by atoms with Crippen LogP contribution in [0.15, 0.2) is 18.2 Å². The average Bonchev–Trinajstić information content (AvgIpc) is 2.12. The van der Waals surface area contributed by atoms with E-state index in [1.54, 1.807) is 0 Å². The zero-order valence-corrected chi connectivity index (χ0v) is 8.86. The minimum atomic E-state index is 0.421. The summed E-state index contributed by atoms with van der Waals surface area (Å²) in [5.74, 6) is 1.26. The second-order valence-electron chi connectivity index (χ2n) is 4.23. The Balaban J connectivity index is 2.05. The Kier molecular flexibility index (Phi) is 2.71. The molecule has 0 radical (unpaired) electrons. The molecule has 2 heteroatoms. The van der Waals surface area contributed by atoms with Crippen LogP contribution in [-0.2, 0) is 0 Å². The van der Waals surface area contributed by atoms with E-state index in [2.05, 4.69) is 24.9 Å². The van der Waals surface area contributed by atoms with Gasteiger partial charge in [-0.25, -0.2) is 4.98 Å². The van der Waals surface area contributed by atoms with Gasteiger partial charge in [0.15, 0.2) is 0 Å². The fourth-order valence-electron chi connectivity index (χ4n) is 1.48. The van der Waals surface area contributed by atoms with Crippen LogP contribution in [0.4, 0.5) is 0 Å². The summed E-state index contributed by atoms with van der Waals surface area (Å²) in [4.78, 5) is 4.47. The Hall–Kier alpha value is -1.05. The van der Waals surface area contributed by atoms with E-state index >= 15 is 0 Å². The third-order valence-corrected chi connectivity index (χ3v) is 2.68. The van der Waals surface area contributed by atoms with Gasteiger partial charge in [0.25, 0.3) is 0 Å². The van der Waals surface area contributed by atoms with Crippen molar-refractivity contribution in [2.45, 2.75) is 45.1 Å². The molecule has 76 valence electrons. The maximum absolute atomic E-state index is 5.73. The molecule has 0 atom stereocenters. The number of rotatable bonds is 3. The van der Waals surface area contributed by atoms with Crippen molar-refractivity contribution in [2.24, 2.45) is 0 Å². The van der Waals surface area contributed by atoms with E-state index in [4.69, 9.17) is 4.74 Å². The number of pyridine rings is 1. The van der Waals surface area contributed by atoms with Crippen molar-refractivity contribution in [3.8, 4) is 5.88 Å². The van der Waals surface area contributed by atoms with Crippen molar-refractivity contribution in [1.82, 2.24) is 4.98 Å². The summed E-state index contributed by atoms with van der Waals surface area (Å²) in [6.07, 6.45) is 4.10. The highest BCUT2D eigenvalue weighted by Crippen LogP contribution is 2.24. The molecule has 1 heterocycles. The van der Waals surface area contributed by atoms with Gasteiger partial charge >= 0.3 is 0 Å². The molecule has 1 aliphatic carbocycles. The maximum Gasteiger partial charge on any atom is 0.213 e. The molecular formula is C12H17NO. The van der Waals surface area contributed by atoms with E-state index in [0.29, 0.717) is 12.0 Å². The van der Waals surface area contributed by atoms with Crippen molar-refractivity contribution in [1.29, 1.82) is 0 Å². The summed E-state index contributed by atoms with van der Waals surface area (Å²) in [5, 5.41) is 0. The first-order valence-electron chi connectivity index (χ1n) is 5.39. The van der Waals surface area contributed by atoms with Gasteiger partial charge in [0.2, 0.25) is 5.88 Å². The van der Waals surface area contributed by atoms with Gasteiger partial charge in [-0.1, -0.05) is 19.9 Å².